The molecule has 4 rings (SSSR count). The van der Waals surface area contributed by atoms with Crippen LogP contribution < -0.4 is 14.8 Å². The van der Waals surface area contributed by atoms with E-state index in [1.807, 2.05) is 36.4 Å². The van der Waals surface area contributed by atoms with E-state index in [0.717, 1.165) is 62.2 Å². The summed E-state index contributed by atoms with van der Waals surface area (Å²) in [7, 11) is 3.27. The average Bonchev–Trinajstić information content (AvgIpc) is 3.50. The van der Waals surface area contributed by atoms with E-state index in [2.05, 4.69) is 10.2 Å². The van der Waals surface area contributed by atoms with Gasteiger partial charge in [-0.1, -0.05) is 24.3 Å². The molecule has 1 aliphatic carbocycles. The third-order valence-corrected chi connectivity index (χ3v) is 6.93. The van der Waals surface area contributed by atoms with Crippen molar-refractivity contribution in [2.45, 2.75) is 32.2 Å². The molecule has 31 heavy (non-hydrogen) atoms. The molecule has 0 aromatic heterocycles. The number of phenolic OH excluding ortho intramolecular Hbond substituents is 1. The molecule has 0 radical (unpaired) electrons. The summed E-state index contributed by atoms with van der Waals surface area (Å²) in [6.07, 6.45) is 3.84. The Kier molecular flexibility index (Phi) is 6.37. The Morgan fingerprint density at radius 2 is 1.90 bits per heavy atom. The van der Waals surface area contributed by atoms with Gasteiger partial charge in [-0.05, 0) is 61.9 Å². The molecule has 1 amide bonds. The highest BCUT2D eigenvalue weighted by Crippen LogP contribution is 2.59. The molecule has 1 atom stereocenters. The number of nitrogens with one attached hydrogen (secondary N) is 1. The van der Waals surface area contributed by atoms with Crippen molar-refractivity contribution in [2.24, 2.45) is 11.3 Å². The van der Waals surface area contributed by atoms with Crippen LogP contribution >= 0.6 is 0 Å². The van der Waals surface area contributed by atoms with Gasteiger partial charge in [-0.15, -0.1) is 0 Å². The van der Waals surface area contributed by atoms with E-state index in [-0.39, 0.29) is 23.0 Å². The molecular formula is C25H32N2O4. The normalized spacial score (nSPS) is 19.7. The number of carbonyl (C=O) groups excluding carboxylic acids is 1. The van der Waals surface area contributed by atoms with Crippen LogP contribution in [0.5, 0.6) is 17.2 Å². The summed E-state index contributed by atoms with van der Waals surface area (Å²) < 4.78 is 10.5. The fraction of sp³-hybridized carbons (Fsp3) is 0.480. The highest BCUT2D eigenvalue weighted by molar-refractivity contribution is 5.82. The fourth-order valence-corrected chi connectivity index (χ4v) is 4.83. The van der Waals surface area contributed by atoms with E-state index in [1.54, 1.807) is 20.3 Å². The van der Waals surface area contributed by atoms with Gasteiger partial charge in [-0.2, -0.15) is 0 Å². The molecule has 2 aromatic carbocycles. The van der Waals surface area contributed by atoms with E-state index in [4.69, 9.17) is 9.47 Å². The van der Waals surface area contributed by atoms with Crippen molar-refractivity contribution in [2.75, 3.05) is 33.9 Å². The number of para-hydroxylation sites is 1. The minimum Gasteiger partial charge on any atom is -0.507 e. The first-order chi connectivity index (χ1) is 15.0. The third kappa shape index (κ3) is 4.79. The molecule has 6 heteroatoms. The molecule has 1 saturated heterocycles. The smallest absolute Gasteiger partial charge is 0.223 e. The second-order valence-corrected chi connectivity index (χ2v) is 8.74. The van der Waals surface area contributed by atoms with Crippen LogP contribution in [0.15, 0.2) is 42.5 Å². The molecule has 2 N–H and O–H groups in total. The summed E-state index contributed by atoms with van der Waals surface area (Å²) in [5.74, 6) is 2.14. The lowest BCUT2D eigenvalue weighted by atomic mass is 9.90. The number of ether oxygens (including phenoxy) is 2. The van der Waals surface area contributed by atoms with Crippen LogP contribution in [0.1, 0.15) is 30.4 Å². The fourth-order valence-electron chi connectivity index (χ4n) is 4.83. The first-order valence-electron chi connectivity index (χ1n) is 11.0. The van der Waals surface area contributed by atoms with Crippen molar-refractivity contribution in [1.29, 1.82) is 0 Å². The number of hydrogen-bond acceptors (Lipinski definition) is 5. The quantitative estimate of drug-likeness (QED) is 0.680. The number of piperidine rings is 1. The number of methoxy groups -OCH3 is 2. The molecular weight excluding hydrogens is 392 g/mol. The summed E-state index contributed by atoms with van der Waals surface area (Å²) in [4.78, 5) is 15.1. The van der Waals surface area contributed by atoms with Gasteiger partial charge in [0.15, 0.2) is 0 Å². The van der Waals surface area contributed by atoms with Crippen molar-refractivity contribution < 1.29 is 19.4 Å². The number of benzene rings is 2. The number of aromatic hydroxyl groups is 1. The van der Waals surface area contributed by atoms with Gasteiger partial charge in [0.2, 0.25) is 5.91 Å². The van der Waals surface area contributed by atoms with Crippen LogP contribution in [-0.4, -0.2) is 49.8 Å². The number of rotatable bonds is 8. The van der Waals surface area contributed by atoms with Crippen molar-refractivity contribution in [3.63, 3.8) is 0 Å². The van der Waals surface area contributed by atoms with Crippen LogP contribution in [0.3, 0.4) is 0 Å². The molecule has 2 aliphatic rings. The van der Waals surface area contributed by atoms with Crippen LogP contribution in [0.25, 0.3) is 0 Å². The van der Waals surface area contributed by atoms with Crippen LogP contribution in [0, 0.1) is 11.3 Å². The summed E-state index contributed by atoms with van der Waals surface area (Å²) >= 11 is 0. The number of likely N-dealkylation sites (tertiary alicyclic amines) is 1. The number of carbonyl (C=O) groups is 1. The van der Waals surface area contributed by atoms with Crippen LogP contribution in [0.4, 0.5) is 0 Å². The lowest BCUT2D eigenvalue weighted by Gasteiger charge is -2.33. The number of phenols is 1. The van der Waals surface area contributed by atoms with E-state index in [1.165, 1.54) is 0 Å². The third-order valence-electron chi connectivity index (χ3n) is 6.93. The zero-order chi connectivity index (χ0) is 21.8. The summed E-state index contributed by atoms with van der Waals surface area (Å²) in [6.45, 7) is 3.27. The van der Waals surface area contributed by atoms with Gasteiger partial charge in [-0.25, -0.2) is 0 Å². The molecule has 1 spiro atoms. The number of amides is 1. The van der Waals surface area contributed by atoms with E-state index in [0.29, 0.717) is 12.3 Å². The summed E-state index contributed by atoms with van der Waals surface area (Å²) in [5, 5.41) is 13.3. The maximum absolute atomic E-state index is 12.7. The molecule has 2 aromatic rings. The average molecular weight is 425 g/mol. The number of hydrogen-bond donors (Lipinski definition) is 2. The van der Waals surface area contributed by atoms with Gasteiger partial charge in [0.05, 0.1) is 14.2 Å². The highest BCUT2D eigenvalue weighted by Gasteiger charge is 2.58. The molecule has 0 bridgehead atoms. The topological polar surface area (TPSA) is 71.0 Å². The van der Waals surface area contributed by atoms with Gasteiger partial charge in [-0.3, -0.25) is 9.69 Å². The maximum atomic E-state index is 12.7. The molecule has 2 fully saturated rings. The van der Waals surface area contributed by atoms with Crippen molar-refractivity contribution in [3.8, 4) is 17.2 Å². The largest absolute Gasteiger partial charge is 0.507 e. The molecule has 1 aliphatic heterocycles. The SMILES string of the molecule is COc1ccc(CN2CCC3(CC2)CC3C(=O)NCCc2ccccc2OC)c(O)c1. The highest BCUT2D eigenvalue weighted by atomic mass is 16.5. The van der Waals surface area contributed by atoms with Gasteiger partial charge in [0.1, 0.15) is 17.2 Å². The van der Waals surface area contributed by atoms with Crippen molar-refractivity contribution in [3.05, 3.63) is 53.6 Å². The predicted octanol–water partition coefficient (Wildman–Crippen LogP) is 3.37. The second-order valence-electron chi connectivity index (χ2n) is 8.74. The van der Waals surface area contributed by atoms with E-state index < -0.39 is 0 Å². The Labute approximate surface area is 184 Å². The minimum absolute atomic E-state index is 0.140. The molecule has 166 valence electrons. The van der Waals surface area contributed by atoms with Crippen molar-refractivity contribution >= 4 is 5.91 Å². The maximum Gasteiger partial charge on any atom is 0.223 e. The standard InChI is InChI=1S/C25H32N2O4/c1-30-20-8-7-19(22(28)15-20)17-27-13-10-25(11-14-27)16-21(25)24(29)26-12-9-18-5-3-4-6-23(18)31-2/h3-8,15,21,28H,9-14,16-17H2,1-2H3,(H,26,29). The second kappa shape index (κ2) is 9.18. The molecule has 1 heterocycles. The van der Waals surface area contributed by atoms with Crippen LogP contribution in [0.2, 0.25) is 0 Å². The number of nitrogens with zero attached hydrogens (tertiary/aromatic N) is 1. The zero-order valence-electron chi connectivity index (χ0n) is 18.4. The first kappa shape index (κ1) is 21.5. The Balaban J connectivity index is 1.22. The molecule has 1 saturated carbocycles. The Morgan fingerprint density at radius 3 is 2.61 bits per heavy atom. The predicted molar refractivity (Wildman–Crippen MR) is 119 cm³/mol. The Morgan fingerprint density at radius 1 is 1.13 bits per heavy atom. The molecule has 6 nitrogen and oxygen atoms in total. The summed E-state index contributed by atoms with van der Waals surface area (Å²) in [5.41, 5.74) is 2.21. The van der Waals surface area contributed by atoms with Crippen LogP contribution in [-0.2, 0) is 17.8 Å². The summed E-state index contributed by atoms with van der Waals surface area (Å²) in [6, 6.07) is 13.4. The van der Waals surface area contributed by atoms with Gasteiger partial charge in [0, 0.05) is 30.6 Å². The first-order valence-corrected chi connectivity index (χ1v) is 11.0. The Hall–Kier alpha value is -2.73. The van der Waals surface area contributed by atoms with Gasteiger partial charge in [0.25, 0.3) is 0 Å². The van der Waals surface area contributed by atoms with E-state index >= 15 is 0 Å². The lowest BCUT2D eigenvalue weighted by Crippen LogP contribution is -2.37. The lowest BCUT2D eigenvalue weighted by molar-refractivity contribution is -0.123. The minimum atomic E-state index is 0.140. The van der Waals surface area contributed by atoms with Gasteiger partial charge < -0.3 is 19.9 Å². The Bertz CT molecular complexity index is 921. The monoisotopic (exact) mass is 424 g/mol. The van der Waals surface area contributed by atoms with Crippen molar-refractivity contribution in [1.82, 2.24) is 10.2 Å². The van der Waals surface area contributed by atoms with E-state index in [9.17, 15) is 9.90 Å². The van der Waals surface area contributed by atoms with Gasteiger partial charge >= 0.3 is 0 Å². The molecule has 1 unspecified atom stereocenters. The zero-order valence-corrected chi connectivity index (χ0v) is 18.4.